The van der Waals surface area contributed by atoms with Gasteiger partial charge in [-0.15, -0.1) is 0 Å². The van der Waals surface area contributed by atoms with Crippen LogP contribution in [0.3, 0.4) is 0 Å². The van der Waals surface area contributed by atoms with E-state index in [0.29, 0.717) is 20.8 Å². The molecule has 136 valence electrons. The van der Waals surface area contributed by atoms with Gasteiger partial charge in [-0.1, -0.05) is 29.3 Å². The molecule has 1 fully saturated rings. The Bertz CT molecular complexity index is 841. The van der Waals surface area contributed by atoms with Gasteiger partial charge in [0.05, 0.1) is 15.0 Å². The highest BCUT2D eigenvalue weighted by molar-refractivity contribution is 7.80. The number of piperazine rings is 1. The van der Waals surface area contributed by atoms with Crippen LogP contribution in [-0.2, 0) is 0 Å². The lowest BCUT2D eigenvalue weighted by molar-refractivity contribution is -0.384. The zero-order valence-electron chi connectivity index (χ0n) is 13.7. The highest BCUT2D eigenvalue weighted by atomic mass is 35.5. The first-order chi connectivity index (χ1) is 12.4. The van der Waals surface area contributed by atoms with E-state index in [1.807, 2.05) is 17.0 Å². The summed E-state index contributed by atoms with van der Waals surface area (Å²) in [5.41, 5.74) is 1.66. The lowest BCUT2D eigenvalue weighted by Crippen LogP contribution is -2.50. The number of nitrogens with zero attached hydrogens (tertiary/aromatic N) is 3. The van der Waals surface area contributed by atoms with Crippen LogP contribution in [0.4, 0.5) is 17.1 Å². The van der Waals surface area contributed by atoms with Crippen LogP contribution < -0.4 is 10.2 Å². The van der Waals surface area contributed by atoms with E-state index in [9.17, 15) is 10.1 Å². The van der Waals surface area contributed by atoms with E-state index in [1.165, 1.54) is 12.1 Å². The van der Waals surface area contributed by atoms with Crippen molar-refractivity contribution in [2.45, 2.75) is 0 Å². The van der Waals surface area contributed by atoms with Gasteiger partial charge in [0.1, 0.15) is 0 Å². The van der Waals surface area contributed by atoms with Crippen molar-refractivity contribution in [3.63, 3.8) is 0 Å². The van der Waals surface area contributed by atoms with Crippen LogP contribution in [0, 0.1) is 10.1 Å². The number of nitrogens with one attached hydrogen (secondary N) is 1. The van der Waals surface area contributed by atoms with Gasteiger partial charge in [-0.2, -0.15) is 0 Å². The minimum atomic E-state index is -0.426. The van der Waals surface area contributed by atoms with Gasteiger partial charge in [0, 0.05) is 49.7 Å². The number of anilines is 2. The summed E-state index contributed by atoms with van der Waals surface area (Å²) < 4.78 is 0. The Morgan fingerprint density at radius 1 is 1.08 bits per heavy atom. The molecule has 26 heavy (non-hydrogen) atoms. The molecule has 0 saturated carbocycles. The van der Waals surface area contributed by atoms with Crippen LogP contribution in [0.25, 0.3) is 0 Å². The third-order valence-electron chi connectivity index (χ3n) is 4.14. The van der Waals surface area contributed by atoms with Gasteiger partial charge < -0.3 is 15.1 Å². The molecule has 0 spiro atoms. The monoisotopic (exact) mass is 410 g/mol. The number of non-ortho nitro benzene ring substituents is 1. The molecule has 3 rings (SSSR count). The number of nitro benzene ring substituents is 1. The molecule has 1 N–H and O–H groups in total. The summed E-state index contributed by atoms with van der Waals surface area (Å²) in [7, 11) is 0. The molecule has 6 nitrogen and oxygen atoms in total. The van der Waals surface area contributed by atoms with Crippen LogP contribution in [0.2, 0.25) is 10.0 Å². The predicted octanol–water partition coefficient (Wildman–Crippen LogP) is 4.42. The summed E-state index contributed by atoms with van der Waals surface area (Å²) in [6, 6.07) is 11.9. The van der Waals surface area contributed by atoms with Gasteiger partial charge in [-0.3, -0.25) is 10.1 Å². The third kappa shape index (κ3) is 4.35. The standard InChI is InChI=1S/C17H16Cl2N4O2S/c18-15-5-4-13(11-16(15)19)21-6-8-22(9-7-21)17(26)20-12-2-1-3-14(10-12)23(24)25/h1-5,10-11H,6-9H2,(H,20,26). The zero-order chi connectivity index (χ0) is 18.7. The van der Waals surface area contributed by atoms with Crippen molar-refractivity contribution in [3.05, 3.63) is 62.6 Å². The fourth-order valence-corrected chi connectivity index (χ4v) is 3.34. The Hall–Kier alpha value is -2.09. The predicted molar refractivity (Wildman–Crippen MR) is 110 cm³/mol. The fourth-order valence-electron chi connectivity index (χ4n) is 2.75. The maximum atomic E-state index is 10.9. The lowest BCUT2D eigenvalue weighted by atomic mass is 10.2. The summed E-state index contributed by atoms with van der Waals surface area (Å²) in [5.74, 6) is 0. The Kier molecular flexibility index (Phi) is 5.80. The number of halogens is 2. The van der Waals surface area contributed by atoms with Crippen molar-refractivity contribution in [3.8, 4) is 0 Å². The zero-order valence-corrected chi connectivity index (χ0v) is 16.0. The largest absolute Gasteiger partial charge is 0.368 e. The van der Waals surface area contributed by atoms with Crippen molar-refractivity contribution < 1.29 is 4.92 Å². The molecule has 0 unspecified atom stereocenters. The molecule has 9 heteroatoms. The van der Waals surface area contributed by atoms with E-state index < -0.39 is 4.92 Å². The van der Waals surface area contributed by atoms with Gasteiger partial charge in [0.2, 0.25) is 0 Å². The maximum Gasteiger partial charge on any atom is 0.271 e. The first-order valence-corrected chi connectivity index (χ1v) is 9.11. The van der Waals surface area contributed by atoms with E-state index in [-0.39, 0.29) is 5.69 Å². The van der Waals surface area contributed by atoms with Crippen molar-refractivity contribution in [1.29, 1.82) is 0 Å². The van der Waals surface area contributed by atoms with E-state index in [0.717, 1.165) is 31.9 Å². The van der Waals surface area contributed by atoms with Gasteiger partial charge in [0.25, 0.3) is 5.69 Å². The van der Waals surface area contributed by atoms with Gasteiger partial charge >= 0.3 is 0 Å². The quantitative estimate of drug-likeness (QED) is 0.458. The first kappa shape index (κ1) is 18.7. The third-order valence-corrected chi connectivity index (χ3v) is 5.24. The van der Waals surface area contributed by atoms with Crippen molar-refractivity contribution in [2.24, 2.45) is 0 Å². The van der Waals surface area contributed by atoms with Crippen LogP contribution >= 0.6 is 35.4 Å². The summed E-state index contributed by atoms with van der Waals surface area (Å²) >= 11 is 17.5. The Labute approximate surface area is 166 Å². The molecule has 1 aliphatic heterocycles. The number of thiocarbonyl (C=S) groups is 1. The number of hydrogen-bond acceptors (Lipinski definition) is 4. The smallest absolute Gasteiger partial charge is 0.271 e. The molecule has 1 saturated heterocycles. The Morgan fingerprint density at radius 3 is 2.46 bits per heavy atom. The summed E-state index contributed by atoms with van der Waals surface area (Å²) in [5, 5.41) is 15.6. The average Bonchev–Trinajstić information content (AvgIpc) is 2.64. The molecule has 1 aliphatic rings. The molecule has 0 atom stereocenters. The van der Waals surface area contributed by atoms with Gasteiger partial charge in [-0.25, -0.2) is 0 Å². The normalized spacial score (nSPS) is 14.2. The van der Waals surface area contributed by atoms with Gasteiger partial charge in [-0.05, 0) is 36.5 Å². The number of rotatable bonds is 3. The molecule has 0 radical (unpaired) electrons. The molecule has 0 amide bonds. The van der Waals surface area contributed by atoms with E-state index in [2.05, 4.69) is 10.2 Å². The van der Waals surface area contributed by atoms with E-state index in [4.69, 9.17) is 35.4 Å². The van der Waals surface area contributed by atoms with E-state index in [1.54, 1.807) is 18.2 Å². The second-order valence-corrected chi connectivity index (χ2v) is 7.01. The second kappa shape index (κ2) is 8.07. The van der Waals surface area contributed by atoms with Crippen molar-refractivity contribution in [2.75, 3.05) is 36.4 Å². The molecule has 0 bridgehead atoms. The minimum Gasteiger partial charge on any atom is -0.368 e. The molecule has 0 aromatic heterocycles. The molecule has 0 aliphatic carbocycles. The van der Waals surface area contributed by atoms with Crippen LogP contribution in [0.1, 0.15) is 0 Å². The summed E-state index contributed by atoms with van der Waals surface area (Å²) in [4.78, 5) is 14.7. The average molecular weight is 411 g/mol. The first-order valence-electron chi connectivity index (χ1n) is 7.94. The molecule has 1 heterocycles. The highest BCUT2D eigenvalue weighted by Gasteiger charge is 2.20. The van der Waals surface area contributed by atoms with Crippen molar-refractivity contribution in [1.82, 2.24) is 4.90 Å². The number of benzene rings is 2. The van der Waals surface area contributed by atoms with E-state index >= 15 is 0 Å². The molecular weight excluding hydrogens is 395 g/mol. The maximum absolute atomic E-state index is 10.9. The SMILES string of the molecule is O=[N+]([O-])c1cccc(NC(=S)N2CCN(c3ccc(Cl)c(Cl)c3)CC2)c1. The fraction of sp³-hybridized carbons (Fsp3) is 0.235. The van der Waals surface area contributed by atoms with Gasteiger partial charge in [0.15, 0.2) is 5.11 Å². The van der Waals surface area contributed by atoms with Crippen molar-refractivity contribution >= 4 is 57.6 Å². The number of nitro groups is 1. The highest BCUT2D eigenvalue weighted by Crippen LogP contribution is 2.28. The lowest BCUT2D eigenvalue weighted by Gasteiger charge is -2.37. The van der Waals surface area contributed by atoms with Crippen LogP contribution in [0.15, 0.2) is 42.5 Å². The molecule has 2 aromatic carbocycles. The topological polar surface area (TPSA) is 61.7 Å². The van der Waals surface area contributed by atoms with Crippen LogP contribution in [0.5, 0.6) is 0 Å². The minimum absolute atomic E-state index is 0.0298. The Morgan fingerprint density at radius 2 is 1.81 bits per heavy atom. The number of hydrogen-bond donors (Lipinski definition) is 1. The summed E-state index contributed by atoms with van der Waals surface area (Å²) in [6.45, 7) is 3.05. The second-order valence-electron chi connectivity index (χ2n) is 5.81. The molecular formula is C17H16Cl2N4O2S. The Balaban J connectivity index is 1.59. The van der Waals surface area contributed by atoms with Crippen LogP contribution in [-0.4, -0.2) is 41.1 Å². The molecule has 2 aromatic rings. The summed E-state index contributed by atoms with van der Waals surface area (Å²) in [6.07, 6.45) is 0.